The maximum Gasteiger partial charge on any atom is 0.0132 e. The van der Waals surface area contributed by atoms with Crippen LogP contribution in [-0.2, 0) is 0 Å². The summed E-state index contributed by atoms with van der Waals surface area (Å²) in [6, 6.07) is 0.646. The summed E-state index contributed by atoms with van der Waals surface area (Å²) in [7, 11) is 0. The van der Waals surface area contributed by atoms with E-state index in [1.165, 1.54) is 24.8 Å². The van der Waals surface area contributed by atoms with Gasteiger partial charge in [0.25, 0.3) is 0 Å². The van der Waals surface area contributed by atoms with Crippen molar-refractivity contribution in [1.82, 2.24) is 5.32 Å². The van der Waals surface area contributed by atoms with Gasteiger partial charge in [-0.05, 0) is 31.7 Å². The highest BCUT2D eigenvalue weighted by Gasteiger charge is 2.17. The van der Waals surface area contributed by atoms with Crippen LogP contribution in [0.3, 0.4) is 0 Å². The molecule has 0 aromatic rings. The van der Waals surface area contributed by atoms with Gasteiger partial charge in [-0.25, -0.2) is 0 Å². The maximum atomic E-state index is 4.13. The zero-order valence-electron chi connectivity index (χ0n) is 11.1. The van der Waals surface area contributed by atoms with Gasteiger partial charge in [0.2, 0.25) is 0 Å². The van der Waals surface area contributed by atoms with Gasteiger partial charge >= 0.3 is 0 Å². The first-order valence-corrected chi connectivity index (χ1v) is 6.59. The van der Waals surface area contributed by atoms with Gasteiger partial charge in [-0.1, -0.05) is 52.7 Å². The second-order valence-electron chi connectivity index (χ2n) is 4.44. The second-order valence-corrected chi connectivity index (χ2v) is 4.44. The van der Waals surface area contributed by atoms with E-state index in [1.807, 2.05) is 0 Å². The van der Waals surface area contributed by atoms with Gasteiger partial charge in [-0.15, -0.1) is 0 Å². The number of hydrogen-bond donors (Lipinski definition) is 1. The van der Waals surface area contributed by atoms with Crippen molar-refractivity contribution in [3.8, 4) is 0 Å². The summed E-state index contributed by atoms with van der Waals surface area (Å²) in [4.78, 5) is 0. The topological polar surface area (TPSA) is 12.0 Å². The van der Waals surface area contributed by atoms with Crippen molar-refractivity contribution in [3.05, 3.63) is 12.2 Å². The average molecular weight is 211 g/mol. The molecule has 0 aliphatic carbocycles. The summed E-state index contributed by atoms with van der Waals surface area (Å²) < 4.78 is 0. The van der Waals surface area contributed by atoms with E-state index in [-0.39, 0.29) is 0 Å². The molecule has 0 rings (SSSR count). The van der Waals surface area contributed by atoms with Gasteiger partial charge in [0.05, 0.1) is 0 Å². The minimum Gasteiger partial charge on any atom is -0.313 e. The van der Waals surface area contributed by atoms with E-state index in [0.29, 0.717) is 6.04 Å². The summed E-state index contributed by atoms with van der Waals surface area (Å²) in [5, 5.41) is 3.68. The highest BCUT2D eigenvalue weighted by molar-refractivity contribution is 4.97. The molecule has 1 heteroatoms. The zero-order valence-corrected chi connectivity index (χ0v) is 11.1. The van der Waals surface area contributed by atoms with Crippen molar-refractivity contribution in [1.29, 1.82) is 0 Å². The molecule has 0 saturated carbocycles. The van der Waals surface area contributed by atoms with Crippen LogP contribution < -0.4 is 5.32 Å². The highest BCUT2D eigenvalue weighted by atomic mass is 14.9. The quantitative estimate of drug-likeness (QED) is 0.565. The molecule has 15 heavy (non-hydrogen) atoms. The summed E-state index contributed by atoms with van der Waals surface area (Å²) in [5.41, 5.74) is 1.38. The SMILES string of the molecule is C=C(CC)CC(NCCC)C(CC)CC. The fourth-order valence-corrected chi connectivity index (χ4v) is 2.05. The largest absolute Gasteiger partial charge is 0.313 e. The molecule has 1 unspecified atom stereocenters. The standard InChI is InChI=1S/C14H29N/c1-6-10-15-14(11-12(5)7-2)13(8-3)9-4/h13-15H,5-11H2,1-4H3. The molecule has 0 aliphatic heterocycles. The molecule has 0 saturated heterocycles. The van der Waals surface area contributed by atoms with Crippen LogP contribution in [-0.4, -0.2) is 12.6 Å². The molecule has 0 heterocycles. The predicted molar refractivity (Wildman–Crippen MR) is 70.2 cm³/mol. The van der Waals surface area contributed by atoms with E-state index >= 15 is 0 Å². The first kappa shape index (κ1) is 14.7. The third kappa shape index (κ3) is 5.99. The van der Waals surface area contributed by atoms with Crippen LogP contribution in [0, 0.1) is 5.92 Å². The van der Waals surface area contributed by atoms with Crippen LogP contribution in [0.5, 0.6) is 0 Å². The van der Waals surface area contributed by atoms with Crippen molar-refractivity contribution in [3.63, 3.8) is 0 Å². The third-order valence-electron chi connectivity index (χ3n) is 3.28. The van der Waals surface area contributed by atoms with Crippen LogP contribution in [0.4, 0.5) is 0 Å². The summed E-state index contributed by atoms with van der Waals surface area (Å²) in [6.07, 6.45) is 6.03. The second kappa shape index (κ2) is 8.96. The lowest BCUT2D eigenvalue weighted by Crippen LogP contribution is -2.36. The molecule has 0 bridgehead atoms. The van der Waals surface area contributed by atoms with Crippen molar-refractivity contribution in [2.45, 2.75) is 65.8 Å². The summed E-state index contributed by atoms with van der Waals surface area (Å²) in [5.74, 6) is 0.805. The van der Waals surface area contributed by atoms with Crippen molar-refractivity contribution in [2.24, 2.45) is 5.92 Å². The Hall–Kier alpha value is -0.300. The summed E-state index contributed by atoms with van der Waals surface area (Å²) >= 11 is 0. The molecule has 0 fully saturated rings. The van der Waals surface area contributed by atoms with Gasteiger partial charge in [-0.2, -0.15) is 0 Å². The molecule has 0 radical (unpaired) electrons. The van der Waals surface area contributed by atoms with Crippen molar-refractivity contribution < 1.29 is 0 Å². The van der Waals surface area contributed by atoms with Gasteiger partial charge in [0.15, 0.2) is 0 Å². The van der Waals surface area contributed by atoms with E-state index in [2.05, 4.69) is 39.6 Å². The van der Waals surface area contributed by atoms with Crippen LogP contribution >= 0.6 is 0 Å². The van der Waals surface area contributed by atoms with Gasteiger partial charge in [-0.3, -0.25) is 0 Å². The Bertz CT molecular complexity index is 159. The highest BCUT2D eigenvalue weighted by Crippen LogP contribution is 2.20. The van der Waals surface area contributed by atoms with Crippen LogP contribution in [0.1, 0.15) is 59.8 Å². The number of hydrogen-bond acceptors (Lipinski definition) is 1. The number of rotatable bonds is 9. The van der Waals surface area contributed by atoms with Crippen LogP contribution in [0.2, 0.25) is 0 Å². The van der Waals surface area contributed by atoms with Crippen LogP contribution in [0.25, 0.3) is 0 Å². The first-order valence-electron chi connectivity index (χ1n) is 6.59. The predicted octanol–water partition coefficient (Wildman–Crippen LogP) is 4.15. The molecule has 0 spiro atoms. The van der Waals surface area contributed by atoms with Crippen molar-refractivity contribution >= 4 is 0 Å². The monoisotopic (exact) mass is 211 g/mol. The Balaban J connectivity index is 4.20. The average Bonchev–Trinajstić information content (AvgIpc) is 2.26. The van der Waals surface area contributed by atoms with Gasteiger partial charge < -0.3 is 5.32 Å². The minimum absolute atomic E-state index is 0.646. The van der Waals surface area contributed by atoms with Crippen LogP contribution in [0.15, 0.2) is 12.2 Å². The molecule has 90 valence electrons. The minimum atomic E-state index is 0.646. The molecule has 1 nitrogen and oxygen atoms in total. The Kier molecular flexibility index (Phi) is 8.79. The molecular formula is C14H29N. The first-order chi connectivity index (χ1) is 7.19. The Labute approximate surface area is 96.3 Å². The Morgan fingerprint density at radius 3 is 2.13 bits per heavy atom. The zero-order chi connectivity index (χ0) is 11.7. The van der Waals surface area contributed by atoms with E-state index < -0.39 is 0 Å². The molecule has 1 N–H and O–H groups in total. The molecule has 1 atom stereocenters. The summed E-state index contributed by atoms with van der Waals surface area (Å²) in [6.45, 7) is 14.3. The molecule has 0 aromatic heterocycles. The Morgan fingerprint density at radius 2 is 1.73 bits per heavy atom. The van der Waals surface area contributed by atoms with E-state index in [9.17, 15) is 0 Å². The fraction of sp³-hybridized carbons (Fsp3) is 0.857. The lowest BCUT2D eigenvalue weighted by molar-refractivity contribution is 0.330. The van der Waals surface area contributed by atoms with Gasteiger partial charge in [0, 0.05) is 6.04 Å². The van der Waals surface area contributed by atoms with E-state index in [1.54, 1.807) is 0 Å². The van der Waals surface area contributed by atoms with E-state index in [0.717, 1.165) is 25.3 Å². The molecule has 0 amide bonds. The molecule has 0 aliphatic rings. The third-order valence-corrected chi connectivity index (χ3v) is 3.28. The normalized spacial score (nSPS) is 13.1. The fourth-order valence-electron chi connectivity index (χ4n) is 2.05. The van der Waals surface area contributed by atoms with Crippen molar-refractivity contribution in [2.75, 3.05) is 6.54 Å². The lowest BCUT2D eigenvalue weighted by atomic mass is 9.89. The number of nitrogens with one attached hydrogen (secondary N) is 1. The molecule has 0 aromatic carbocycles. The van der Waals surface area contributed by atoms with E-state index in [4.69, 9.17) is 0 Å². The van der Waals surface area contributed by atoms with Gasteiger partial charge in [0.1, 0.15) is 0 Å². The molecular weight excluding hydrogens is 182 g/mol. The Morgan fingerprint density at radius 1 is 1.13 bits per heavy atom. The lowest BCUT2D eigenvalue weighted by Gasteiger charge is -2.27. The smallest absolute Gasteiger partial charge is 0.0132 e. The maximum absolute atomic E-state index is 4.13.